The van der Waals surface area contributed by atoms with Crippen molar-refractivity contribution >= 4 is 17.3 Å². The molecule has 26 heavy (non-hydrogen) atoms. The highest BCUT2D eigenvalue weighted by molar-refractivity contribution is 5.90. The molecular weight excluding hydrogens is 328 g/mol. The fraction of sp³-hybridized carbons (Fsp3) is 0.100. The fourth-order valence-electron chi connectivity index (χ4n) is 2.95. The maximum absolute atomic E-state index is 11.0. The highest BCUT2D eigenvalue weighted by Crippen LogP contribution is 2.26. The second-order valence-corrected chi connectivity index (χ2v) is 5.84. The molecule has 128 valence electrons. The molecule has 2 heterocycles. The topological polar surface area (TPSA) is 84.7 Å². The van der Waals surface area contributed by atoms with Gasteiger partial charge in [-0.2, -0.15) is 5.26 Å². The third-order valence-electron chi connectivity index (χ3n) is 4.18. The SMILES string of the molecule is Cc1cc(C=C(C#N)c2cccc([N+](=O)[O-])c2)c(C)n1-c1ccncc1. The Morgan fingerprint density at radius 3 is 2.62 bits per heavy atom. The molecule has 0 atom stereocenters. The summed E-state index contributed by atoms with van der Waals surface area (Å²) in [5, 5.41) is 20.5. The van der Waals surface area contributed by atoms with Crippen molar-refractivity contribution in [2.45, 2.75) is 13.8 Å². The van der Waals surface area contributed by atoms with Gasteiger partial charge in [-0.1, -0.05) is 12.1 Å². The Hall–Kier alpha value is -3.72. The summed E-state index contributed by atoms with van der Waals surface area (Å²) in [7, 11) is 0. The van der Waals surface area contributed by atoms with Gasteiger partial charge < -0.3 is 4.57 Å². The molecule has 6 heteroatoms. The third kappa shape index (κ3) is 3.23. The number of rotatable bonds is 4. The molecule has 3 rings (SSSR count). The first-order valence-corrected chi connectivity index (χ1v) is 7.97. The predicted molar refractivity (Wildman–Crippen MR) is 99.6 cm³/mol. The highest BCUT2D eigenvalue weighted by Gasteiger charge is 2.12. The fourth-order valence-corrected chi connectivity index (χ4v) is 2.95. The maximum atomic E-state index is 11.0. The van der Waals surface area contributed by atoms with Crippen LogP contribution in [0.1, 0.15) is 22.5 Å². The molecule has 2 aromatic heterocycles. The summed E-state index contributed by atoms with van der Waals surface area (Å²) in [4.78, 5) is 14.5. The van der Waals surface area contributed by atoms with Gasteiger partial charge in [0, 0.05) is 41.6 Å². The minimum absolute atomic E-state index is 0.0362. The molecule has 0 radical (unpaired) electrons. The molecule has 0 unspecified atom stereocenters. The summed E-state index contributed by atoms with van der Waals surface area (Å²) in [6.07, 6.45) is 5.22. The second-order valence-electron chi connectivity index (χ2n) is 5.84. The number of hydrogen-bond acceptors (Lipinski definition) is 4. The van der Waals surface area contributed by atoms with Crippen LogP contribution in [0.4, 0.5) is 5.69 Å². The van der Waals surface area contributed by atoms with E-state index in [1.807, 2.05) is 32.0 Å². The average Bonchev–Trinajstić information content (AvgIpc) is 2.93. The Labute approximate surface area is 150 Å². The molecule has 0 aliphatic carbocycles. The Bertz CT molecular complexity index is 1040. The first-order chi connectivity index (χ1) is 12.5. The standard InChI is InChI=1S/C20H16N4O2/c1-14-10-17(15(2)23(14)19-6-8-22-9-7-19)11-18(13-21)16-4-3-5-20(12-16)24(25)26/h3-12H,1-2H3. The number of hydrogen-bond donors (Lipinski definition) is 0. The van der Waals surface area contributed by atoms with E-state index >= 15 is 0 Å². The lowest BCUT2D eigenvalue weighted by molar-refractivity contribution is -0.384. The molecule has 3 aromatic rings. The Morgan fingerprint density at radius 2 is 1.96 bits per heavy atom. The summed E-state index contributed by atoms with van der Waals surface area (Å²) in [6, 6.07) is 14.1. The molecule has 0 aliphatic heterocycles. The number of pyridine rings is 1. The van der Waals surface area contributed by atoms with Crippen molar-refractivity contribution in [2.75, 3.05) is 0 Å². The van der Waals surface area contributed by atoms with Gasteiger partial charge in [-0.05, 0) is 49.2 Å². The van der Waals surface area contributed by atoms with Crippen LogP contribution in [0.3, 0.4) is 0 Å². The van der Waals surface area contributed by atoms with Crippen LogP contribution in [-0.2, 0) is 0 Å². The van der Waals surface area contributed by atoms with Crippen molar-refractivity contribution in [3.8, 4) is 11.8 Å². The van der Waals surface area contributed by atoms with Gasteiger partial charge in [-0.25, -0.2) is 0 Å². The molecule has 1 aromatic carbocycles. The lowest BCUT2D eigenvalue weighted by Gasteiger charge is -2.09. The number of non-ortho nitro benzene ring substituents is 1. The number of nitriles is 1. The molecular formula is C20H16N4O2. The molecule has 0 spiro atoms. The van der Waals surface area contributed by atoms with Crippen LogP contribution in [0.5, 0.6) is 0 Å². The summed E-state index contributed by atoms with van der Waals surface area (Å²) in [5.74, 6) is 0. The van der Waals surface area contributed by atoms with Crippen molar-refractivity contribution in [1.29, 1.82) is 5.26 Å². The Balaban J connectivity index is 2.08. The zero-order chi connectivity index (χ0) is 18.7. The van der Waals surface area contributed by atoms with Gasteiger partial charge in [0.05, 0.1) is 16.6 Å². The van der Waals surface area contributed by atoms with Crippen LogP contribution in [0.2, 0.25) is 0 Å². The number of allylic oxidation sites excluding steroid dienone is 1. The smallest absolute Gasteiger partial charge is 0.270 e. The zero-order valence-electron chi connectivity index (χ0n) is 14.4. The van der Waals surface area contributed by atoms with Crippen LogP contribution in [0.25, 0.3) is 17.3 Å². The van der Waals surface area contributed by atoms with Crippen molar-refractivity contribution in [2.24, 2.45) is 0 Å². The van der Waals surface area contributed by atoms with Crippen LogP contribution in [0, 0.1) is 35.3 Å². The van der Waals surface area contributed by atoms with Crippen LogP contribution in [0.15, 0.2) is 54.9 Å². The van der Waals surface area contributed by atoms with Gasteiger partial charge in [-0.3, -0.25) is 15.1 Å². The van der Waals surface area contributed by atoms with E-state index in [9.17, 15) is 15.4 Å². The Morgan fingerprint density at radius 1 is 1.23 bits per heavy atom. The molecule has 0 amide bonds. The van der Waals surface area contributed by atoms with Gasteiger partial charge >= 0.3 is 0 Å². The minimum Gasteiger partial charge on any atom is -0.318 e. The van der Waals surface area contributed by atoms with E-state index in [0.717, 1.165) is 22.6 Å². The molecule has 0 saturated heterocycles. The van der Waals surface area contributed by atoms with Crippen LogP contribution >= 0.6 is 0 Å². The lowest BCUT2D eigenvalue weighted by Crippen LogP contribution is -1.98. The number of aromatic nitrogens is 2. The summed E-state index contributed by atoms with van der Waals surface area (Å²) in [5.41, 5.74) is 4.75. The summed E-state index contributed by atoms with van der Waals surface area (Å²) in [6.45, 7) is 3.96. The number of nitrogens with zero attached hydrogens (tertiary/aromatic N) is 4. The van der Waals surface area contributed by atoms with E-state index in [4.69, 9.17) is 0 Å². The van der Waals surface area contributed by atoms with E-state index < -0.39 is 4.92 Å². The van der Waals surface area contributed by atoms with E-state index in [1.54, 1.807) is 30.6 Å². The first kappa shape index (κ1) is 17.1. The van der Waals surface area contributed by atoms with E-state index in [0.29, 0.717) is 11.1 Å². The monoisotopic (exact) mass is 344 g/mol. The van der Waals surface area contributed by atoms with Gasteiger partial charge in [0.2, 0.25) is 0 Å². The molecule has 0 aliphatic rings. The number of aryl methyl sites for hydroxylation is 1. The molecule has 0 fully saturated rings. The lowest BCUT2D eigenvalue weighted by atomic mass is 10.0. The molecule has 0 bridgehead atoms. The van der Waals surface area contributed by atoms with Crippen molar-refractivity contribution in [1.82, 2.24) is 9.55 Å². The van der Waals surface area contributed by atoms with Crippen molar-refractivity contribution < 1.29 is 4.92 Å². The molecule has 0 N–H and O–H groups in total. The van der Waals surface area contributed by atoms with E-state index in [2.05, 4.69) is 15.6 Å². The van der Waals surface area contributed by atoms with Gasteiger partial charge in [0.15, 0.2) is 0 Å². The Kier molecular flexibility index (Phi) is 4.63. The molecule has 6 nitrogen and oxygen atoms in total. The normalized spacial score (nSPS) is 11.2. The van der Waals surface area contributed by atoms with Gasteiger partial charge in [0.1, 0.15) is 0 Å². The van der Waals surface area contributed by atoms with Gasteiger partial charge in [0.25, 0.3) is 5.69 Å². The number of nitro benzene ring substituents is 1. The average molecular weight is 344 g/mol. The van der Waals surface area contributed by atoms with E-state index in [1.165, 1.54) is 12.1 Å². The van der Waals surface area contributed by atoms with Crippen LogP contribution < -0.4 is 0 Å². The summed E-state index contributed by atoms with van der Waals surface area (Å²) < 4.78 is 2.08. The first-order valence-electron chi connectivity index (χ1n) is 7.97. The largest absolute Gasteiger partial charge is 0.318 e. The highest BCUT2D eigenvalue weighted by atomic mass is 16.6. The van der Waals surface area contributed by atoms with Gasteiger partial charge in [-0.15, -0.1) is 0 Å². The predicted octanol–water partition coefficient (Wildman–Crippen LogP) is 4.46. The van der Waals surface area contributed by atoms with Crippen molar-refractivity contribution in [3.63, 3.8) is 0 Å². The third-order valence-corrected chi connectivity index (χ3v) is 4.18. The number of benzene rings is 1. The maximum Gasteiger partial charge on any atom is 0.270 e. The van der Waals surface area contributed by atoms with Crippen LogP contribution in [-0.4, -0.2) is 14.5 Å². The molecule has 0 saturated carbocycles. The number of nitro groups is 1. The quantitative estimate of drug-likeness (QED) is 0.397. The minimum atomic E-state index is -0.464. The van der Waals surface area contributed by atoms with E-state index in [-0.39, 0.29) is 5.69 Å². The summed E-state index contributed by atoms with van der Waals surface area (Å²) >= 11 is 0. The second kappa shape index (κ2) is 7.03. The van der Waals surface area contributed by atoms with Crippen molar-refractivity contribution in [3.05, 3.63) is 87.5 Å². The zero-order valence-corrected chi connectivity index (χ0v) is 14.4.